The molecule has 2 N–H and O–H groups in total. The number of hydrogen-bond donors (Lipinski definition) is 2. The van der Waals surface area contributed by atoms with Crippen molar-refractivity contribution in [2.75, 3.05) is 11.9 Å². The van der Waals surface area contributed by atoms with Crippen molar-refractivity contribution in [3.05, 3.63) is 41.3 Å². The lowest BCUT2D eigenvalue weighted by atomic mass is 9.93. The molecule has 2 amide bonds. The molecular weight excluding hydrogens is 332 g/mol. The average Bonchev–Trinajstić information content (AvgIpc) is 3.21. The molecule has 1 aromatic carbocycles. The maximum absolute atomic E-state index is 12.6. The Bertz CT molecular complexity index is 814. The Morgan fingerprint density at radius 1 is 1.38 bits per heavy atom. The van der Waals surface area contributed by atoms with Crippen LogP contribution in [0.5, 0.6) is 11.5 Å². The van der Waals surface area contributed by atoms with Crippen LogP contribution in [-0.4, -0.2) is 18.7 Å². The first-order valence-electron chi connectivity index (χ1n) is 9.24. The maximum Gasteiger partial charge on any atom is 0.319 e. The third-order valence-electron chi connectivity index (χ3n) is 4.90. The van der Waals surface area contributed by atoms with Crippen LogP contribution < -0.4 is 20.1 Å². The highest BCUT2D eigenvalue weighted by Crippen LogP contribution is 2.38. The van der Waals surface area contributed by atoms with E-state index in [1.807, 2.05) is 32.0 Å². The van der Waals surface area contributed by atoms with Crippen molar-refractivity contribution in [2.45, 2.75) is 51.7 Å². The van der Waals surface area contributed by atoms with E-state index in [2.05, 4.69) is 10.6 Å². The van der Waals surface area contributed by atoms with E-state index in [9.17, 15) is 4.79 Å². The fourth-order valence-electron chi connectivity index (χ4n) is 3.76. The molecule has 6 nitrogen and oxygen atoms in total. The van der Waals surface area contributed by atoms with Crippen molar-refractivity contribution in [3.63, 3.8) is 0 Å². The number of fused-ring (bicyclic) bond motifs is 2. The van der Waals surface area contributed by atoms with E-state index < -0.39 is 0 Å². The maximum atomic E-state index is 12.6. The van der Waals surface area contributed by atoms with Crippen LogP contribution >= 0.6 is 0 Å². The summed E-state index contributed by atoms with van der Waals surface area (Å²) < 4.78 is 17.0. The molecule has 138 valence electrons. The summed E-state index contributed by atoms with van der Waals surface area (Å²) >= 11 is 0. The van der Waals surface area contributed by atoms with Gasteiger partial charge < -0.3 is 24.5 Å². The number of nitrogens with one attached hydrogen (secondary N) is 2. The summed E-state index contributed by atoms with van der Waals surface area (Å²) in [5.41, 5.74) is 2.81. The number of carbonyl (C=O) groups excluding carboxylic acids is 1. The summed E-state index contributed by atoms with van der Waals surface area (Å²) in [5, 5.41) is 5.97. The molecule has 4 rings (SSSR count). The molecule has 0 radical (unpaired) electrons. The quantitative estimate of drug-likeness (QED) is 0.861. The van der Waals surface area contributed by atoms with Gasteiger partial charge in [-0.25, -0.2) is 4.79 Å². The van der Waals surface area contributed by atoms with Crippen LogP contribution in [0.2, 0.25) is 0 Å². The van der Waals surface area contributed by atoms with Gasteiger partial charge in [-0.3, -0.25) is 0 Å². The molecule has 2 unspecified atom stereocenters. The predicted molar refractivity (Wildman–Crippen MR) is 97.9 cm³/mol. The number of furan rings is 1. The molecule has 2 atom stereocenters. The van der Waals surface area contributed by atoms with Gasteiger partial charge in [0.2, 0.25) is 0 Å². The highest BCUT2D eigenvalue weighted by molar-refractivity contribution is 5.91. The first kappa shape index (κ1) is 16.8. The first-order chi connectivity index (χ1) is 12.6. The second kappa shape index (κ2) is 6.94. The molecule has 2 aromatic rings. The second-order valence-corrected chi connectivity index (χ2v) is 6.86. The molecule has 0 saturated carbocycles. The van der Waals surface area contributed by atoms with Crippen molar-refractivity contribution in [3.8, 4) is 11.5 Å². The lowest BCUT2D eigenvalue weighted by molar-refractivity contribution is 0.246. The summed E-state index contributed by atoms with van der Waals surface area (Å²) in [6.07, 6.45) is 5.52. The smallest absolute Gasteiger partial charge is 0.319 e. The van der Waals surface area contributed by atoms with E-state index in [-0.39, 0.29) is 18.2 Å². The topological polar surface area (TPSA) is 72.7 Å². The van der Waals surface area contributed by atoms with E-state index >= 15 is 0 Å². The third kappa shape index (κ3) is 3.23. The molecule has 0 spiro atoms. The Labute approximate surface area is 152 Å². The van der Waals surface area contributed by atoms with Crippen LogP contribution in [0.15, 0.2) is 28.9 Å². The number of urea groups is 1. The zero-order chi connectivity index (χ0) is 18.1. The summed E-state index contributed by atoms with van der Waals surface area (Å²) in [5.74, 6) is 2.45. The fourth-order valence-corrected chi connectivity index (χ4v) is 3.76. The van der Waals surface area contributed by atoms with Gasteiger partial charge in [0.15, 0.2) is 0 Å². The van der Waals surface area contributed by atoms with Gasteiger partial charge in [0.05, 0.1) is 24.6 Å². The van der Waals surface area contributed by atoms with Crippen LogP contribution in [0, 0.1) is 0 Å². The number of rotatable bonds is 4. The highest BCUT2D eigenvalue weighted by Gasteiger charge is 2.26. The molecule has 0 fully saturated rings. The fraction of sp³-hybridized carbons (Fsp3) is 0.450. The monoisotopic (exact) mass is 356 g/mol. The van der Waals surface area contributed by atoms with E-state index in [0.29, 0.717) is 18.0 Å². The van der Waals surface area contributed by atoms with Crippen molar-refractivity contribution >= 4 is 11.7 Å². The van der Waals surface area contributed by atoms with Gasteiger partial charge in [-0.2, -0.15) is 0 Å². The zero-order valence-corrected chi connectivity index (χ0v) is 15.1. The molecule has 6 heteroatoms. The molecule has 1 aliphatic carbocycles. The van der Waals surface area contributed by atoms with Crippen molar-refractivity contribution < 1.29 is 18.7 Å². The highest BCUT2D eigenvalue weighted by atomic mass is 16.5. The minimum atomic E-state index is -0.254. The molecule has 26 heavy (non-hydrogen) atoms. The third-order valence-corrected chi connectivity index (χ3v) is 4.90. The summed E-state index contributed by atoms with van der Waals surface area (Å²) in [6.45, 7) is 4.50. The number of hydrogen-bond acceptors (Lipinski definition) is 4. The molecule has 2 heterocycles. The molecule has 0 saturated heterocycles. The summed E-state index contributed by atoms with van der Waals surface area (Å²) in [4.78, 5) is 12.6. The number of anilines is 1. The van der Waals surface area contributed by atoms with Crippen molar-refractivity contribution in [2.24, 2.45) is 0 Å². The lowest BCUT2D eigenvalue weighted by Gasteiger charge is -2.23. The molecule has 1 aromatic heterocycles. The number of amides is 2. The van der Waals surface area contributed by atoms with Crippen LogP contribution in [0.4, 0.5) is 10.5 Å². The minimum Gasteiger partial charge on any atom is -0.492 e. The largest absolute Gasteiger partial charge is 0.492 e. The van der Waals surface area contributed by atoms with Gasteiger partial charge in [0.1, 0.15) is 23.4 Å². The van der Waals surface area contributed by atoms with Gasteiger partial charge in [-0.15, -0.1) is 0 Å². The van der Waals surface area contributed by atoms with Crippen LogP contribution in [0.1, 0.15) is 49.6 Å². The minimum absolute atomic E-state index is 0.0289. The van der Waals surface area contributed by atoms with Crippen molar-refractivity contribution in [1.82, 2.24) is 5.32 Å². The second-order valence-electron chi connectivity index (χ2n) is 6.86. The Morgan fingerprint density at radius 3 is 3.12 bits per heavy atom. The standard InChI is InChI=1S/C20H24N2O4/c1-3-24-19-10-13-9-12(2)26-18(13)11-16(19)22-20(23)21-15-5-4-6-17-14(15)7-8-25-17/h7-8,10-12,15H,3-6,9H2,1-2H3,(H2,21,22,23). The Balaban J connectivity index is 1.50. The van der Waals surface area contributed by atoms with E-state index in [1.165, 1.54) is 0 Å². The van der Waals surface area contributed by atoms with Gasteiger partial charge in [0.25, 0.3) is 0 Å². The van der Waals surface area contributed by atoms with E-state index in [4.69, 9.17) is 13.9 Å². The SMILES string of the molecule is CCOc1cc2c(cc1NC(=O)NC1CCCc3occc31)OC(C)C2. The van der Waals surface area contributed by atoms with E-state index in [0.717, 1.165) is 48.3 Å². The summed E-state index contributed by atoms with van der Waals surface area (Å²) in [7, 11) is 0. The van der Waals surface area contributed by atoms with Crippen LogP contribution in [0.25, 0.3) is 0 Å². The normalized spacial score (nSPS) is 20.7. The zero-order valence-electron chi connectivity index (χ0n) is 15.1. The number of ether oxygens (including phenoxy) is 2. The molecular formula is C20H24N2O4. The van der Waals surface area contributed by atoms with E-state index in [1.54, 1.807) is 6.26 Å². The first-order valence-corrected chi connectivity index (χ1v) is 9.24. The summed E-state index contributed by atoms with van der Waals surface area (Å²) in [6, 6.07) is 5.48. The number of carbonyl (C=O) groups is 1. The number of aryl methyl sites for hydroxylation is 1. The lowest BCUT2D eigenvalue weighted by Crippen LogP contribution is -2.34. The van der Waals surface area contributed by atoms with Crippen LogP contribution in [-0.2, 0) is 12.8 Å². The van der Waals surface area contributed by atoms with Crippen LogP contribution in [0.3, 0.4) is 0 Å². The predicted octanol–water partition coefficient (Wildman–Crippen LogP) is 4.20. The van der Waals surface area contributed by atoms with Gasteiger partial charge in [0, 0.05) is 30.0 Å². The van der Waals surface area contributed by atoms with Gasteiger partial charge >= 0.3 is 6.03 Å². The molecule has 0 bridgehead atoms. The average molecular weight is 356 g/mol. The number of benzene rings is 1. The van der Waals surface area contributed by atoms with Crippen molar-refractivity contribution in [1.29, 1.82) is 0 Å². The Kier molecular flexibility index (Phi) is 4.49. The van der Waals surface area contributed by atoms with Gasteiger partial charge in [-0.05, 0) is 38.8 Å². The molecule has 2 aliphatic rings. The molecule has 1 aliphatic heterocycles. The Hall–Kier alpha value is -2.63. The van der Waals surface area contributed by atoms with Gasteiger partial charge in [-0.1, -0.05) is 0 Å². The Morgan fingerprint density at radius 2 is 2.27 bits per heavy atom.